The monoisotopic (exact) mass is 349 g/mol. The zero-order valence-electron chi connectivity index (χ0n) is 10.9. The lowest BCUT2D eigenvalue weighted by molar-refractivity contribution is -0.138. The third kappa shape index (κ3) is 5.85. The van der Waals surface area contributed by atoms with E-state index in [-0.39, 0.29) is 13.0 Å². The Hall–Kier alpha value is -1.18. The fourth-order valence-corrected chi connectivity index (χ4v) is 1.91. The van der Waals surface area contributed by atoms with E-state index >= 15 is 0 Å². The number of benzene rings is 1. The summed E-state index contributed by atoms with van der Waals surface area (Å²) in [6.07, 6.45) is 0.200. The van der Waals surface area contributed by atoms with Crippen molar-refractivity contribution in [3.8, 4) is 5.75 Å². The van der Waals surface area contributed by atoms with E-state index < -0.39 is 18.7 Å². The maximum absolute atomic E-state index is 11.8. The summed E-state index contributed by atoms with van der Waals surface area (Å²) in [6.45, 7) is 0.133. The number of nitrogens with two attached hydrogens (primary N) is 1. The van der Waals surface area contributed by atoms with Gasteiger partial charge in [-0.2, -0.15) is 0 Å². The van der Waals surface area contributed by atoms with E-state index in [0.717, 1.165) is 10.0 Å². The quantitative estimate of drug-likeness (QED) is 0.664. The molecule has 0 aliphatic rings. The Morgan fingerprint density at radius 3 is 2.80 bits per heavy atom. The highest BCUT2D eigenvalue weighted by Gasteiger charge is 2.14. The summed E-state index contributed by atoms with van der Waals surface area (Å²) in [5, 5.41) is 8.81. The molecule has 20 heavy (non-hydrogen) atoms. The molecule has 1 unspecified atom stereocenters. The summed E-state index contributed by atoms with van der Waals surface area (Å²) in [4.78, 5) is 10.8. The molecule has 0 aromatic heterocycles. The van der Waals surface area contributed by atoms with E-state index in [0.29, 0.717) is 19.0 Å². The van der Waals surface area contributed by atoms with Crippen LogP contribution >= 0.6 is 15.9 Å². The standard InChI is InChI=1S/C13H17BrFNO4/c14-11-2-1-10(20-6-5-19-4-3-15)7-9(11)8-12(16)13(17)18/h1-2,7,12H,3-6,8,16H2,(H,17,18). The van der Waals surface area contributed by atoms with Crippen molar-refractivity contribution in [2.75, 3.05) is 26.5 Å². The van der Waals surface area contributed by atoms with Crippen LogP contribution in [0, 0.1) is 0 Å². The van der Waals surface area contributed by atoms with Crippen LogP contribution < -0.4 is 10.5 Å². The Morgan fingerprint density at radius 1 is 1.40 bits per heavy atom. The van der Waals surface area contributed by atoms with Gasteiger partial charge in [0.25, 0.3) is 0 Å². The fourth-order valence-electron chi connectivity index (χ4n) is 1.50. The zero-order chi connectivity index (χ0) is 15.0. The van der Waals surface area contributed by atoms with Crippen molar-refractivity contribution in [2.45, 2.75) is 12.5 Å². The van der Waals surface area contributed by atoms with Crippen LogP contribution in [0.4, 0.5) is 4.39 Å². The molecule has 0 amide bonds. The molecule has 1 rings (SSSR count). The predicted molar refractivity (Wildman–Crippen MR) is 75.7 cm³/mol. The second-order valence-corrected chi connectivity index (χ2v) is 4.91. The largest absolute Gasteiger partial charge is 0.491 e. The highest BCUT2D eigenvalue weighted by Crippen LogP contribution is 2.23. The first-order valence-electron chi connectivity index (χ1n) is 6.08. The normalized spacial score (nSPS) is 12.2. The number of carbonyl (C=O) groups is 1. The second kappa shape index (κ2) is 8.89. The molecule has 1 aromatic carbocycles. The fraction of sp³-hybridized carbons (Fsp3) is 0.462. The number of ether oxygens (including phenoxy) is 2. The Bertz CT molecular complexity index is 444. The highest BCUT2D eigenvalue weighted by molar-refractivity contribution is 9.10. The average Bonchev–Trinajstić information content (AvgIpc) is 2.41. The lowest BCUT2D eigenvalue weighted by atomic mass is 10.1. The van der Waals surface area contributed by atoms with Crippen LogP contribution in [-0.2, 0) is 16.0 Å². The van der Waals surface area contributed by atoms with Crippen LogP contribution in [0.1, 0.15) is 5.56 Å². The summed E-state index contributed by atoms with van der Waals surface area (Å²) < 4.78 is 23.0. The van der Waals surface area contributed by atoms with Crippen LogP contribution in [0.25, 0.3) is 0 Å². The van der Waals surface area contributed by atoms with Gasteiger partial charge in [-0.1, -0.05) is 15.9 Å². The summed E-state index contributed by atoms with van der Waals surface area (Å²) >= 11 is 3.34. The Balaban J connectivity index is 2.55. The number of hydrogen-bond donors (Lipinski definition) is 2. The molecule has 0 radical (unpaired) electrons. The third-order valence-electron chi connectivity index (χ3n) is 2.49. The number of carboxylic acids is 1. The van der Waals surface area contributed by atoms with Gasteiger partial charge in [0.2, 0.25) is 0 Å². The summed E-state index contributed by atoms with van der Waals surface area (Å²) in [7, 11) is 0. The molecule has 1 aromatic rings. The van der Waals surface area contributed by atoms with Gasteiger partial charge in [0.1, 0.15) is 25.1 Å². The maximum Gasteiger partial charge on any atom is 0.320 e. The summed E-state index contributed by atoms with van der Waals surface area (Å²) in [5.41, 5.74) is 6.26. The van der Waals surface area contributed by atoms with E-state index in [4.69, 9.17) is 20.3 Å². The lowest BCUT2D eigenvalue weighted by Gasteiger charge is -2.11. The van der Waals surface area contributed by atoms with Crippen LogP contribution in [0.3, 0.4) is 0 Å². The van der Waals surface area contributed by atoms with Gasteiger partial charge < -0.3 is 20.3 Å². The molecule has 0 fully saturated rings. The minimum atomic E-state index is -1.05. The Labute approximate surface area is 125 Å². The molecule has 0 aliphatic carbocycles. The first-order chi connectivity index (χ1) is 9.54. The highest BCUT2D eigenvalue weighted by atomic mass is 79.9. The molecule has 0 heterocycles. The van der Waals surface area contributed by atoms with Gasteiger partial charge in [0.05, 0.1) is 13.2 Å². The maximum atomic E-state index is 11.8. The van der Waals surface area contributed by atoms with Gasteiger partial charge in [0, 0.05) is 4.47 Å². The predicted octanol–water partition coefficient (Wildman–Crippen LogP) is 1.77. The molecule has 5 nitrogen and oxygen atoms in total. The minimum absolute atomic E-state index is 0.0579. The van der Waals surface area contributed by atoms with Crippen LogP contribution in [-0.4, -0.2) is 43.6 Å². The van der Waals surface area contributed by atoms with Crippen molar-refractivity contribution in [2.24, 2.45) is 5.73 Å². The number of halogens is 2. The third-order valence-corrected chi connectivity index (χ3v) is 3.27. The number of hydrogen-bond acceptors (Lipinski definition) is 4. The molecule has 0 bridgehead atoms. The number of rotatable bonds is 9. The number of carboxylic acid groups (broad SMARTS) is 1. The minimum Gasteiger partial charge on any atom is -0.491 e. The molecule has 0 saturated heterocycles. The molecule has 3 N–H and O–H groups in total. The van der Waals surface area contributed by atoms with Crippen molar-refractivity contribution >= 4 is 21.9 Å². The van der Waals surface area contributed by atoms with Gasteiger partial charge in [-0.05, 0) is 30.2 Å². The topological polar surface area (TPSA) is 81.8 Å². The Morgan fingerprint density at radius 2 is 2.15 bits per heavy atom. The van der Waals surface area contributed by atoms with Crippen molar-refractivity contribution < 1.29 is 23.8 Å². The van der Waals surface area contributed by atoms with Gasteiger partial charge in [-0.25, -0.2) is 4.39 Å². The van der Waals surface area contributed by atoms with Gasteiger partial charge in [-0.3, -0.25) is 4.79 Å². The molecule has 0 saturated carbocycles. The first kappa shape index (κ1) is 16.9. The lowest BCUT2D eigenvalue weighted by Crippen LogP contribution is -2.32. The smallest absolute Gasteiger partial charge is 0.320 e. The van der Waals surface area contributed by atoms with Crippen LogP contribution in [0.2, 0.25) is 0 Å². The second-order valence-electron chi connectivity index (χ2n) is 4.05. The van der Waals surface area contributed by atoms with E-state index in [1.54, 1.807) is 18.2 Å². The van der Waals surface area contributed by atoms with Crippen LogP contribution in [0.5, 0.6) is 5.75 Å². The zero-order valence-corrected chi connectivity index (χ0v) is 12.4. The van der Waals surface area contributed by atoms with Crippen molar-refractivity contribution in [3.05, 3.63) is 28.2 Å². The molecule has 0 aliphatic heterocycles. The molecule has 112 valence electrons. The van der Waals surface area contributed by atoms with Gasteiger partial charge >= 0.3 is 5.97 Å². The Kier molecular flexibility index (Phi) is 7.50. The van der Waals surface area contributed by atoms with Crippen molar-refractivity contribution in [1.29, 1.82) is 0 Å². The number of aliphatic carboxylic acids is 1. The number of alkyl halides is 1. The summed E-state index contributed by atoms with van der Waals surface area (Å²) in [5.74, 6) is -0.465. The SMILES string of the molecule is NC(Cc1cc(OCCOCCF)ccc1Br)C(=O)O. The van der Waals surface area contributed by atoms with E-state index in [1.165, 1.54) is 0 Å². The van der Waals surface area contributed by atoms with Gasteiger partial charge in [0.15, 0.2) is 0 Å². The molecule has 7 heteroatoms. The average molecular weight is 350 g/mol. The molecular weight excluding hydrogens is 333 g/mol. The van der Waals surface area contributed by atoms with E-state index in [9.17, 15) is 9.18 Å². The van der Waals surface area contributed by atoms with E-state index in [2.05, 4.69) is 15.9 Å². The van der Waals surface area contributed by atoms with Gasteiger partial charge in [-0.15, -0.1) is 0 Å². The molecule has 1 atom stereocenters. The first-order valence-corrected chi connectivity index (χ1v) is 6.87. The van der Waals surface area contributed by atoms with Crippen LogP contribution in [0.15, 0.2) is 22.7 Å². The van der Waals surface area contributed by atoms with E-state index in [1.807, 2.05) is 0 Å². The molecular formula is C13H17BrFNO4. The van der Waals surface area contributed by atoms with Crippen molar-refractivity contribution in [1.82, 2.24) is 0 Å². The summed E-state index contributed by atoms with van der Waals surface area (Å²) in [6, 6.07) is 4.27. The molecule has 0 spiro atoms. The van der Waals surface area contributed by atoms with Crippen molar-refractivity contribution in [3.63, 3.8) is 0 Å².